The van der Waals surface area contributed by atoms with Crippen LogP contribution in [0.25, 0.3) is 0 Å². The van der Waals surface area contributed by atoms with Gasteiger partial charge in [-0.2, -0.15) is 0 Å². The minimum absolute atomic E-state index is 0.0426. The molecule has 0 spiro atoms. The summed E-state index contributed by atoms with van der Waals surface area (Å²) in [7, 11) is 0. The maximum absolute atomic E-state index is 12.7. The molecule has 0 aromatic carbocycles. The van der Waals surface area contributed by atoms with Gasteiger partial charge in [-0.25, -0.2) is 0 Å². The molecule has 6 aliphatic rings. The lowest BCUT2D eigenvalue weighted by atomic mass is 9.49. The third kappa shape index (κ3) is 4.52. The third-order valence-corrected chi connectivity index (χ3v) is 8.54. The molecule has 4 bridgehead atoms. The van der Waals surface area contributed by atoms with Crippen molar-refractivity contribution in [2.24, 2.45) is 35.0 Å². The highest BCUT2D eigenvalue weighted by molar-refractivity contribution is 5.86. The Balaban J connectivity index is 1.07. The topological polar surface area (TPSA) is 78.5 Å². The van der Waals surface area contributed by atoms with Crippen molar-refractivity contribution in [2.45, 2.75) is 70.6 Å². The Morgan fingerprint density at radius 1 is 0.900 bits per heavy atom. The Morgan fingerprint density at radius 2 is 1.57 bits per heavy atom. The van der Waals surface area contributed by atoms with Crippen molar-refractivity contribution >= 4 is 17.7 Å². The first kappa shape index (κ1) is 20.3. The molecule has 5 saturated carbocycles. The zero-order valence-electron chi connectivity index (χ0n) is 18.2. The van der Waals surface area contributed by atoms with E-state index in [9.17, 15) is 14.4 Å². The lowest BCUT2D eigenvalue weighted by Gasteiger charge is -2.56. The molecule has 0 aromatic rings. The van der Waals surface area contributed by atoms with Gasteiger partial charge in [-0.3, -0.25) is 14.4 Å². The van der Waals surface area contributed by atoms with E-state index in [1.165, 1.54) is 51.4 Å². The van der Waals surface area contributed by atoms with Crippen molar-refractivity contribution in [3.63, 3.8) is 0 Å². The zero-order valence-corrected chi connectivity index (χ0v) is 18.2. The molecule has 2 N–H and O–H groups in total. The van der Waals surface area contributed by atoms with E-state index in [0.717, 1.165) is 37.1 Å². The summed E-state index contributed by atoms with van der Waals surface area (Å²) in [6, 6.07) is 0. The molecule has 6 heteroatoms. The summed E-state index contributed by atoms with van der Waals surface area (Å²) in [5.74, 6) is 3.15. The van der Waals surface area contributed by atoms with E-state index < -0.39 is 0 Å². The van der Waals surface area contributed by atoms with Crippen LogP contribution in [0.2, 0.25) is 0 Å². The molecular formula is C24H37N3O3. The number of hydrogen-bond acceptors (Lipinski definition) is 3. The molecule has 6 rings (SSSR count). The SMILES string of the molecule is O=C(CC12CC3CC(CC(C3)C1)C2)NCC(=O)N1CCCC(C(=O)NCC2CC2)C1. The van der Waals surface area contributed by atoms with Gasteiger partial charge in [0.05, 0.1) is 12.5 Å². The second-order valence-electron chi connectivity index (χ2n) is 11.2. The molecule has 1 atom stereocenters. The summed E-state index contributed by atoms with van der Waals surface area (Å²) in [6.45, 7) is 2.03. The smallest absolute Gasteiger partial charge is 0.241 e. The molecule has 6 fully saturated rings. The Labute approximate surface area is 179 Å². The van der Waals surface area contributed by atoms with Gasteiger partial charge >= 0.3 is 0 Å². The van der Waals surface area contributed by atoms with Crippen LogP contribution in [0.1, 0.15) is 70.6 Å². The van der Waals surface area contributed by atoms with Crippen molar-refractivity contribution in [1.82, 2.24) is 15.5 Å². The Morgan fingerprint density at radius 3 is 2.20 bits per heavy atom. The number of amides is 3. The Bertz CT molecular complexity index is 667. The molecule has 0 aromatic heterocycles. The van der Waals surface area contributed by atoms with E-state index in [1.54, 1.807) is 4.90 Å². The minimum atomic E-state index is -0.107. The van der Waals surface area contributed by atoms with Gasteiger partial charge in [-0.15, -0.1) is 0 Å². The van der Waals surface area contributed by atoms with Crippen LogP contribution in [-0.4, -0.2) is 48.8 Å². The largest absolute Gasteiger partial charge is 0.356 e. The molecule has 5 aliphatic carbocycles. The predicted molar refractivity (Wildman–Crippen MR) is 113 cm³/mol. The molecular weight excluding hydrogens is 378 g/mol. The predicted octanol–water partition coefficient (Wildman–Crippen LogP) is 2.47. The van der Waals surface area contributed by atoms with Crippen molar-refractivity contribution in [3.05, 3.63) is 0 Å². The number of carbonyl (C=O) groups excluding carboxylic acids is 3. The molecule has 30 heavy (non-hydrogen) atoms. The van der Waals surface area contributed by atoms with Crippen LogP contribution in [0.15, 0.2) is 0 Å². The van der Waals surface area contributed by atoms with Crippen molar-refractivity contribution in [3.8, 4) is 0 Å². The first-order valence-corrected chi connectivity index (χ1v) is 12.3. The molecule has 3 amide bonds. The van der Waals surface area contributed by atoms with Gasteiger partial charge in [-0.05, 0) is 93.3 Å². The van der Waals surface area contributed by atoms with E-state index in [-0.39, 0.29) is 35.6 Å². The van der Waals surface area contributed by atoms with Gasteiger partial charge in [0, 0.05) is 26.1 Å². The number of nitrogens with one attached hydrogen (secondary N) is 2. The van der Waals surface area contributed by atoms with Crippen molar-refractivity contribution in [1.29, 1.82) is 0 Å². The molecule has 1 saturated heterocycles. The van der Waals surface area contributed by atoms with E-state index in [1.807, 2.05) is 0 Å². The fourth-order valence-corrected chi connectivity index (χ4v) is 7.32. The number of carbonyl (C=O) groups is 3. The van der Waals surface area contributed by atoms with Gasteiger partial charge in [0.25, 0.3) is 0 Å². The standard InChI is InChI=1S/C24H37N3O3/c28-21(12-24-9-17-6-18(10-24)8-19(7-17)11-24)25-14-22(29)27-5-1-2-20(15-27)23(30)26-13-16-3-4-16/h16-20H,1-15H2,(H,25,28)(H,26,30). The average Bonchev–Trinajstić information content (AvgIpc) is 3.53. The summed E-state index contributed by atoms with van der Waals surface area (Å²) in [4.78, 5) is 39.6. The lowest BCUT2D eigenvalue weighted by Crippen LogP contribution is -2.50. The molecule has 1 heterocycles. The maximum Gasteiger partial charge on any atom is 0.241 e. The van der Waals surface area contributed by atoms with Crippen molar-refractivity contribution < 1.29 is 14.4 Å². The molecule has 1 unspecified atom stereocenters. The van der Waals surface area contributed by atoms with Crippen LogP contribution in [0.4, 0.5) is 0 Å². The highest BCUT2D eigenvalue weighted by atomic mass is 16.2. The molecule has 166 valence electrons. The van der Waals surface area contributed by atoms with Crippen LogP contribution in [0, 0.1) is 35.0 Å². The summed E-state index contributed by atoms with van der Waals surface area (Å²) in [5.41, 5.74) is 0.206. The lowest BCUT2D eigenvalue weighted by molar-refractivity contribution is -0.138. The fraction of sp³-hybridized carbons (Fsp3) is 0.875. The Kier molecular flexibility index (Phi) is 5.53. The fourth-order valence-electron chi connectivity index (χ4n) is 7.32. The van der Waals surface area contributed by atoms with Gasteiger partial charge in [0.15, 0.2) is 0 Å². The van der Waals surface area contributed by atoms with E-state index in [4.69, 9.17) is 0 Å². The van der Waals surface area contributed by atoms with E-state index in [2.05, 4.69) is 10.6 Å². The number of rotatable bonds is 7. The van der Waals surface area contributed by atoms with Gasteiger partial charge in [-0.1, -0.05) is 0 Å². The summed E-state index contributed by atoms with van der Waals surface area (Å²) < 4.78 is 0. The number of likely N-dealkylation sites (tertiary alicyclic amines) is 1. The molecule has 1 aliphatic heterocycles. The quantitative estimate of drug-likeness (QED) is 0.670. The van der Waals surface area contributed by atoms with E-state index in [0.29, 0.717) is 25.4 Å². The highest BCUT2D eigenvalue weighted by Gasteiger charge is 2.51. The van der Waals surface area contributed by atoms with Crippen LogP contribution in [0.3, 0.4) is 0 Å². The number of piperidine rings is 1. The molecule has 6 nitrogen and oxygen atoms in total. The van der Waals surface area contributed by atoms with Gasteiger partial charge in [0.2, 0.25) is 17.7 Å². The van der Waals surface area contributed by atoms with Crippen LogP contribution >= 0.6 is 0 Å². The first-order chi connectivity index (χ1) is 14.5. The highest BCUT2D eigenvalue weighted by Crippen LogP contribution is 2.61. The average molecular weight is 416 g/mol. The van der Waals surface area contributed by atoms with Crippen LogP contribution in [0.5, 0.6) is 0 Å². The van der Waals surface area contributed by atoms with Crippen molar-refractivity contribution in [2.75, 3.05) is 26.2 Å². The third-order valence-electron chi connectivity index (χ3n) is 8.54. The van der Waals surface area contributed by atoms with E-state index >= 15 is 0 Å². The Hall–Kier alpha value is -1.59. The summed E-state index contributed by atoms with van der Waals surface area (Å²) in [5, 5.41) is 5.97. The number of hydrogen-bond donors (Lipinski definition) is 2. The second kappa shape index (κ2) is 8.16. The molecule has 0 radical (unpaired) electrons. The van der Waals surface area contributed by atoms with Crippen LogP contribution < -0.4 is 10.6 Å². The summed E-state index contributed by atoms with van der Waals surface area (Å²) >= 11 is 0. The number of nitrogens with zero attached hydrogens (tertiary/aromatic N) is 1. The maximum atomic E-state index is 12.7. The minimum Gasteiger partial charge on any atom is -0.356 e. The van der Waals surface area contributed by atoms with Crippen LogP contribution in [-0.2, 0) is 14.4 Å². The second-order valence-corrected chi connectivity index (χ2v) is 11.2. The first-order valence-electron chi connectivity index (χ1n) is 12.3. The summed E-state index contributed by atoms with van der Waals surface area (Å²) in [6.07, 6.45) is 12.5. The van der Waals surface area contributed by atoms with Gasteiger partial charge in [0.1, 0.15) is 0 Å². The normalized spacial score (nSPS) is 37.1. The van der Waals surface area contributed by atoms with Gasteiger partial charge < -0.3 is 15.5 Å². The zero-order chi connectivity index (χ0) is 20.7. The monoisotopic (exact) mass is 415 g/mol.